The number of carbonyl (C=O) groups excluding carboxylic acids is 1. The summed E-state index contributed by atoms with van der Waals surface area (Å²) in [5, 5.41) is 0. The van der Waals surface area contributed by atoms with Gasteiger partial charge in [0.1, 0.15) is 5.82 Å². The summed E-state index contributed by atoms with van der Waals surface area (Å²) in [5.41, 5.74) is 7.07. The molecule has 5 nitrogen and oxygen atoms in total. The van der Waals surface area contributed by atoms with Crippen molar-refractivity contribution in [3.63, 3.8) is 0 Å². The van der Waals surface area contributed by atoms with E-state index in [9.17, 15) is 4.79 Å². The number of aromatic nitrogens is 2. The highest BCUT2D eigenvalue weighted by molar-refractivity contribution is 5.81. The Balaban J connectivity index is 1.94. The molecule has 0 aliphatic carbocycles. The molecule has 0 saturated heterocycles. The van der Waals surface area contributed by atoms with Gasteiger partial charge in [-0.1, -0.05) is 30.3 Å². The van der Waals surface area contributed by atoms with Gasteiger partial charge in [-0.25, -0.2) is 4.98 Å². The Morgan fingerprint density at radius 3 is 2.70 bits per heavy atom. The summed E-state index contributed by atoms with van der Waals surface area (Å²) in [6.07, 6.45) is 4.12. The SMILES string of the molecule is CN(Cc1nccn1C)C(=O)C(N)Cc1ccccc1. The van der Waals surface area contributed by atoms with Gasteiger partial charge in [0.25, 0.3) is 0 Å². The molecule has 0 radical (unpaired) electrons. The van der Waals surface area contributed by atoms with Crippen LogP contribution in [0.2, 0.25) is 0 Å². The molecule has 1 aromatic carbocycles. The lowest BCUT2D eigenvalue weighted by Crippen LogP contribution is -2.43. The summed E-state index contributed by atoms with van der Waals surface area (Å²) in [6, 6.07) is 9.28. The quantitative estimate of drug-likeness (QED) is 0.881. The number of nitrogens with zero attached hydrogens (tertiary/aromatic N) is 3. The van der Waals surface area contributed by atoms with Gasteiger partial charge in [0, 0.05) is 26.5 Å². The Labute approximate surface area is 119 Å². The van der Waals surface area contributed by atoms with E-state index in [2.05, 4.69) is 4.98 Å². The second-order valence-electron chi connectivity index (χ2n) is 4.94. The van der Waals surface area contributed by atoms with Crippen molar-refractivity contribution in [3.05, 3.63) is 54.1 Å². The molecule has 1 unspecified atom stereocenters. The van der Waals surface area contributed by atoms with Crippen LogP contribution in [0.15, 0.2) is 42.7 Å². The second-order valence-corrected chi connectivity index (χ2v) is 4.94. The Bertz CT molecular complexity index is 564. The molecular weight excluding hydrogens is 252 g/mol. The van der Waals surface area contributed by atoms with Crippen LogP contribution >= 0.6 is 0 Å². The molecule has 1 atom stereocenters. The van der Waals surface area contributed by atoms with Crippen LogP contribution in [0, 0.1) is 0 Å². The number of nitrogens with two attached hydrogens (primary N) is 1. The molecule has 0 spiro atoms. The molecule has 0 bridgehead atoms. The average Bonchev–Trinajstić information content (AvgIpc) is 2.84. The van der Waals surface area contributed by atoms with Crippen LogP contribution in [-0.2, 0) is 24.8 Å². The van der Waals surface area contributed by atoms with Gasteiger partial charge >= 0.3 is 0 Å². The first-order chi connectivity index (χ1) is 9.58. The molecule has 20 heavy (non-hydrogen) atoms. The van der Waals surface area contributed by atoms with Gasteiger partial charge in [-0.15, -0.1) is 0 Å². The number of hydrogen-bond acceptors (Lipinski definition) is 3. The van der Waals surface area contributed by atoms with Crippen LogP contribution in [0.4, 0.5) is 0 Å². The summed E-state index contributed by atoms with van der Waals surface area (Å²) >= 11 is 0. The second kappa shape index (κ2) is 6.34. The fraction of sp³-hybridized carbons (Fsp3) is 0.333. The monoisotopic (exact) mass is 272 g/mol. The third kappa shape index (κ3) is 3.45. The van der Waals surface area contributed by atoms with Gasteiger partial charge in [0.2, 0.25) is 5.91 Å². The van der Waals surface area contributed by atoms with Crippen LogP contribution in [0.3, 0.4) is 0 Å². The summed E-state index contributed by atoms with van der Waals surface area (Å²) in [5.74, 6) is 0.768. The molecule has 1 amide bonds. The normalized spacial score (nSPS) is 12.2. The number of carbonyl (C=O) groups is 1. The predicted molar refractivity (Wildman–Crippen MR) is 77.8 cm³/mol. The first-order valence-electron chi connectivity index (χ1n) is 6.58. The maximum atomic E-state index is 12.2. The van der Waals surface area contributed by atoms with Crippen molar-refractivity contribution in [2.45, 2.75) is 19.0 Å². The molecule has 2 aromatic rings. The van der Waals surface area contributed by atoms with Gasteiger partial charge in [-0.05, 0) is 12.0 Å². The van der Waals surface area contributed by atoms with E-state index in [0.29, 0.717) is 13.0 Å². The van der Waals surface area contributed by atoms with Crippen LogP contribution < -0.4 is 5.73 Å². The van der Waals surface area contributed by atoms with Crippen molar-refractivity contribution in [1.29, 1.82) is 0 Å². The number of amides is 1. The lowest BCUT2D eigenvalue weighted by atomic mass is 10.1. The number of rotatable bonds is 5. The van der Waals surface area contributed by atoms with Gasteiger partial charge in [-0.3, -0.25) is 4.79 Å². The van der Waals surface area contributed by atoms with E-state index in [1.165, 1.54) is 0 Å². The van der Waals surface area contributed by atoms with E-state index < -0.39 is 6.04 Å². The minimum absolute atomic E-state index is 0.0724. The molecule has 106 valence electrons. The zero-order chi connectivity index (χ0) is 14.5. The number of aryl methyl sites for hydroxylation is 1. The van der Waals surface area contributed by atoms with Gasteiger partial charge in [0.05, 0.1) is 12.6 Å². The number of benzene rings is 1. The highest BCUT2D eigenvalue weighted by Crippen LogP contribution is 2.06. The molecule has 1 heterocycles. The summed E-state index contributed by atoms with van der Waals surface area (Å²) in [7, 11) is 3.66. The van der Waals surface area contributed by atoms with Crippen LogP contribution in [0.25, 0.3) is 0 Å². The average molecular weight is 272 g/mol. The topological polar surface area (TPSA) is 64.2 Å². The lowest BCUT2D eigenvalue weighted by molar-refractivity contribution is -0.131. The maximum absolute atomic E-state index is 12.2. The first-order valence-corrected chi connectivity index (χ1v) is 6.58. The largest absolute Gasteiger partial charge is 0.337 e. The van der Waals surface area contributed by atoms with Crippen LogP contribution in [0.5, 0.6) is 0 Å². The summed E-state index contributed by atoms with van der Waals surface area (Å²) in [6.45, 7) is 0.463. The molecule has 5 heteroatoms. The van der Waals surface area contributed by atoms with Crippen molar-refractivity contribution in [2.75, 3.05) is 7.05 Å². The highest BCUT2D eigenvalue weighted by atomic mass is 16.2. The highest BCUT2D eigenvalue weighted by Gasteiger charge is 2.19. The van der Waals surface area contributed by atoms with E-state index in [0.717, 1.165) is 11.4 Å². The minimum Gasteiger partial charge on any atom is -0.337 e. The Morgan fingerprint density at radius 1 is 1.40 bits per heavy atom. The van der Waals surface area contributed by atoms with Gasteiger partial charge < -0.3 is 15.2 Å². The standard InChI is InChI=1S/C15H20N4O/c1-18-9-8-17-14(18)11-19(2)15(20)13(16)10-12-6-4-3-5-7-12/h3-9,13H,10-11,16H2,1-2H3. The van der Waals surface area contributed by atoms with E-state index in [1.54, 1.807) is 18.1 Å². The van der Waals surface area contributed by atoms with Gasteiger partial charge in [-0.2, -0.15) is 0 Å². The first kappa shape index (κ1) is 14.3. The van der Waals surface area contributed by atoms with E-state index in [1.807, 2.05) is 48.1 Å². The van der Waals surface area contributed by atoms with Crippen molar-refractivity contribution in [2.24, 2.45) is 12.8 Å². The predicted octanol–water partition coefficient (Wildman–Crippen LogP) is 0.949. The molecule has 2 rings (SSSR count). The fourth-order valence-corrected chi connectivity index (χ4v) is 2.08. The smallest absolute Gasteiger partial charge is 0.239 e. The maximum Gasteiger partial charge on any atom is 0.239 e. The van der Waals surface area contributed by atoms with Crippen LogP contribution in [0.1, 0.15) is 11.4 Å². The summed E-state index contributed by atoms with van der Waals surface area (Å²) < 4.78 is 1.90. The van der Waals surface area contributed by atoms with E-state index in [-0.39, 0.29) is 5.91 Å². The lowest BCUT2D eigenvalue weighted by Gasteiger charge is -2.21. The third-order valence-electron chi connectivity index (χ3n) is 3.29. The molecule has 0 saturated carbocycles. The Kier molecular flexibility index (Phi) is 4.53. The van der Waals surface area contributed by atoms with E-state index in [4.69, 9.17) is 5.73 Å². The van der Waals surface area contributed by atoms with Crippen molar-refractivity contribution in [3.8, 4) is 0 Å². The van der Waals surface area contributed by atoms with Crippen LogP contribution in [-0.4, -0.2) is 33.4 Å². The molecule has 0 fully saturated rings. The molecule has 0 aliphatic rings. The minimum atomic E-state index is -0.525. The fourth-order valence-electron chi connectivity index (χ4n) is 2.08. The molecule has 1 aromatic heterocycles. The van der Waals surface area contributed by atoms with Crippen molar-refractivity contribution < 1.29 is 4.79 Å². The number of likely N-dealkylation sites (N-methyl/N-ethyl adjacent to an activating group) is 1. The zero-order valence-corrected chi connectivity index (χ0v) is 11.9. The van der Waals surface area contributed by atoms with Crippen molar-refractivity contribution >= 4 is 5.91 Å². The zero-order valence-electron chi connectivity index (χ0n) is 11.9. The van der Waals surface area contributed by atoms with Gasteiger partial charge in [0.15, 0.2) is 0 Å². The molecule has 0 aliphatic heterocycles. The Morgan fingerprint density at radius 2 is 2.10 bits per heavy atom. The Hall–Kier alpha value is -2.14. The van der Waals surface area contributed by atoms with E-state index >= 15 is 0 Å². The number of hydrogen-bond donors (Lipinski definition) is 1. The molecule has 2 N–H and O–H groups in total. The molecular formula is C15H20N4O. The van der Waals surface area contributed by atoms with Crippen molar-refractivity contribution in [1.82, 2.24) is 14.5 Å². The number of imidazole rings is 1. The third-order valence-corrected chi connectivity index (χ3v) is 3.29. The summed E-state index contributed by atoms with van der Waals surface area (Å²) in [4.78, 5) is 18.1.